The maximum atomic E-state index is 6.60. The first-order valence-electron chi connectivity index (χ1n) is 7.16. The smallest absolute Gasteiger partial charge is 0.192 e. The van der Waals surface area contributed by atoms with E-state index in [9.17, 15) is 0 Å². The number of rotatable bonds is 2. The van der Waals surface area contributed by atoms with Crippen molar-refractivity contribution in [3.8, 4) is 0 Å². The Kier molecular flexibility index (Phi) is 2.45. The van der Waals surface area contributed by atoms with E-state index in [0.29, 0.717) is 11.1 Å². The van der Waals surface area contributed by atoms with Gasteiger partial charge in [-0.25, -0.2) is 0 Å². The highest BCUT2D eigenvalue weighted by Gasteiger charge is 2.57. The first kappa shape index (κ1) is 12.0. The van der Waals surface area contributed by atoms with Gasteiger partial charge in [-0.2, -0.15) is 0 Å². The predicted molar refractivity (Wildman–Crippen MR) is 74.4 cm³/mol. The third kappa shape index (κ3) is 2.04. The van der Waals surface area contributed by atoms with Crippen molar-refractivity contribution in [2.24, 2.45) is 23.7 Å². The lowest BCUT2D eigenvalue weighted by Gasteiger charge is -2.38. The summed E-state index contributed by atoms with van der Waals surface area (Å²) in [7, 11) is -1.59. The average Bonchev–Trinajstić information content (AvgIpc) is 2.98. The lowest BCUT2D eigenvalue weighted by Crippen LogP contribution is -2.44. The Bertz CT molecular complexity index is 352. The standard InChI is InChI=1S/C15H26OSi/c1-15(2,3)17(4,5)16-14-7-6-10-8-11(10)12-9-13(12)14/h6-7,10-14H,8-9H2,1-5H3/t10-,11+,12+,13-,14+/m1/s1. The fourth-order valence-corrected chi connectivity index (χ4v) is 4.38. The van der Waals surface area contributed by atoms with Gasteiger partial charge in [-0.05, 0) is 54.6 Å². The molecule has 0 spiro atoms. The SMILES string of the molecule is CC(C)(C)[Si](C)(C)O[C@H]1C=C[C@@H]2C[C@@H]2[C@@H]2C[C@H]21. The molecule has 0 aliphatic heterocycles. The summed E-state index contributed by atoms with van der Waals surface area (Å²) in [5.41, 5.74) is 0. The van der Waals surface area contributed by atoms with Crippen LogP contribution < -0.4 is 0 Å². The highest BCUT2D eigenvalue weighted by atomic mass is 28.4. The van der Waals surface area contributed by atoms with Crippen LogP contribution in [0.3, 0.4) is 0 Å². The molecule has 0 aromatic carbocycles. The van der Waals surface area contributed by atoms with Crippen LogP contribution in [-0.4, -0.2) is 14.4 Å². The van der Waals surface area contributed by atoms with E-state index in [2.05, 4.69) is 46.0 Å². The Morgan fingerprint density at radius 1 is 1.00 bits per heavy atom. The third-order valence-electron chi connectivity index (χ3n) is 5.54. The molecule has 3 aliphatic rings. The topological polar surface area (TPSA) is 9.23 Å². The monoisotopic (exact) mass is 250 g/mol. The molecule has 0 aromatic rings. The molecule has 0 unspecified atom stereocenters. The van der Waals surface area contributed by atoms with Crippen molar-refractivity contribution < 1.29 is 4.43 Å². The highest BCUT2D eigenvalue weighted by Crippen LogP contribution is 2.62. The maximum absolute atomic E-state index is 6.60. The van der Waals surface area contributed by atoms with Gasteiger partial charge in [0.05, 0.1) is 6.10 Å². The average molecular weight is 250 g/mol. The molecule has 0 bridgehead atoms. The van der Waals surface area contributed by atoms with Gasteiger partial charge in [-0.1, -0.05) is 32.9 Å². The molecule has 0 amide bonds. The van der Waals surface area contributed by atoms with Crippen LogP contribution in [0.25, 0.3) is 0 Å². The summed E-state index contributed by atoms with van der Waals surface area (Å²) < 4.78 is 6.60. The van der Waals surface area contributed by atoms with Crippen molar-refractivity contribution in [3.63, 3.8) is 0 Å². The Morgan fingerprint density at radius 3 is 2.35 bits per heavy atom. The summed E-state index contributed by atoms with van der Waals surface area (Å²) in [5, 5.41) is 0.334. The van der Waals surface area contributed by atoms with E-state index in [1.807, 2.05) is 0 Å². The second-order valence-corrected chi connectivity index (χ2v) is 12.6. The van der Waals surface area contributed by atoms with Gasteiger partial charge in [0.2, 0.25) is 0 Å². The Morgan fingerprint density at radius 2 is 1.71 bits per heavy atom. The number of hydrogen-bond acceptors (Lipinski definition) is 1. The molecule has 1 nitrogen and oxygen atoms in total. The lowest BCUT2D eigenvalue weighted by molar-refractivity contribution is 0.196. The Balaban J connectivity index is 1.71. The van der Waals surface area contributed by atoms with Gasteiger partial charge in [0.1, 0.15) is 0 Å². The van der Waals surface area contributed by atoms with Gasteiger partial charge >= 0.3 is 0 Å². The minimum atomic E-state index is -1.59. The Hall–Kier alpha value is -0.0831. The van der Waals surface area contributed by atoms with Gasteiger partial charge in [-0.15, -0.1) is 0 Å². The molecule has 0 saturated heterocycles. The summed E-state index contributed by atoms with van der Waals surface area (Å²) >= 11 is 0. The fourth-order valence-electron chi connectivity index (χ4n) is 3.09. The molecular weight excluding hydrogens is 224 g/mol. The van der Waals surface area contributed by atoms with Gasteiger partial charge in [0, 0.05) is 0 Å². The number of fused-ring (bicyclic) bond motifs is 3. The molecule has 0 aromatic heterocycles. The number of allylic oxidation sites excluding steroid dienone is 1. The molecule has 96 valence electrons. The van der Waals surface area contributed by atoms with Crippen molar-refractivity contribution >= 4 is 8.32 Å². The van der Waals surface area contributed by atoms with E-state index in [-0.39, 0.29) is 0 Å². The van der Waals surface area contributed by atoms with Gasteiger partial charge in [-0.3, -0.25) is 0 Å². The van der Waals surface area contributed by atoms with Crippen LogP contribution in [0, 0.1) is 23.7 Å². The van der Waals surface area contributed by atoms with Gasteiger partial charge in [0.25, 0.3) is 0 Å². The maximum Gasteiger partial charge on any atom is 0.192 e. The van der Waals surface area contributed by atoms with E-state index in [1.165, 1.54) is 12.8 Å². The summed E-state index contributed by atoms with van der Waals surface area (Å²) in [6.45, 7) is 11.8. The summed E-state index contributed by atoms with van der Waals surface area (Å²) in [6.07, 6.45) is 8.20. The van der Waals surface area contributed by atoms with Crippen LogP contribution in [0.2, 0.25) is 18.1 Å². The van der Waals surface area contributed by atoms with E-state index in [4.69, 9.17) is 4.43 Å². The molecule has 0 heterocycles. The molecule has 2 saturated carbocycles. The summed E-state index contributed by atoms with van der Waals surface area (Å²) in [4.78, 5) is 0. The van der Waals surface area contributed by atoms with Crippen molar-refractivity contribution in [3.05, 3.63) is 12.2 Å². The van der Waals surface area contributed by atoms with Crippen LogP contribution in [0.4, 0.5) is 0 Å². The second kappa shape index (κ2) is 3.48. The molecule has 0 radical (unpaired) electrons. The first-order valence-corrected chi connectivity index (χ1v) is 10.1. The van der Waals surface area contributed by atoms with Crippen LogP contribution in [0.5, 0.6) is 0 Å². The van der Waals surface area contributed by atoms with E-state index in [1.54, 1.807) is 0 Å². The molecule has 3 rings (SSSR count). The minimum absolute atomic E-state index is 0.334. The van der Waals surface area contributed by atoms with E-state index < -0.39 is 8.32 Å². The van der Waals surface area contributed by atoms with Crippen molar-refractivity contribution in [1.29, 1.82) is 0 Å². The van der Waals surface area contributed by atoms with Crippen LogP contribution in [-0.2, 0) is 4.43 Å². The third-order valence-corrected chi connectivity index (χ3v) is 10.0. The molecule has 0 N–H and O–H groups in total. The molecule has 2 fully saturated rings. The van der Waals surface area contributed by atoms with Crippen molar-refractivity contribution in [1.82, 2.24) is 0 Å². The normalized spacial score (nSPS) is 43.7. The lowest BCUT2D eigenvalue weighted by atomic mass is 10.1. The largest absolute Gasteiger partial charge is 0.410 e. The molecular formula is C15H26OSi. The molecule has 5 atom stereocenters. The van der Waals surface area contributed by atoms with E-state index >= 15 is 0 Å². The predicted octanol–water partition coefficient (Wildman–Crippen LogP) is 4.22. The summed E-state index contributed by atoms with van der Waals surface area (Å²) in [6, 6.07) is 0. The second-order valence-electron chi connectivity index (χ2n) is 7.85. The molecule has 3 aliphatic carbocycles. The quantitative estimate of drug-likeness (QED) is 0.527. The van der Waals surface area contributed by atoms with Crippen LogP contribution in [0.15, 0.2) is 12.2 Å². The Labute approximate surface area is 107 Å². The number of hydrogen-bond donors (Lipinski definition) is 0. The van der Waals surface area contributed by atoms with Crippen molar-refractivity contribution in [2.75, 3.05) is 0 Å². The zero-order chi connectivity index (χ0) is 12.4. The van der Waals surface area contributed by atoms with Crippen LogP contribution >= 0.6 is 0 Å². The van der Waals surface area contributed by atoms with Gasteiger partial charge in [0.15, 0.2) is 8.32 Å². The fraction of sp³-hybridized carbons (Fsp3) is 0.867. The summed E-state index contributed by atoms with van der Waals surface area (Å²) in [5.74, 6) is 3.81. The first-order chi connectivity index (χ1) is 7.79. The highest BCUT2D eigenvalue weighted by molar-refractivity contribution is 6.74. The van der Waals surface area contributed by atoms with E-state index in [0.717, 1.165) is 23.7 Å². The zero-order valence-electron chi connectivity index (χ0n) is 11.9. The molecule has 17 heavy (non-hydrogen) atoms. The van der Waals surface area contributed by atoms with Crippen LogP contribution in [0.1, 0.15) is 33.6 Å². The minimum Gasteiger partial charge on any atom is -0.410 e. The molecule has 2 heteroatoms. The van der Waals surface area contributed by atoms with Gasteiger partial charge < -0.3 is 4.43 Å². The zero-order valence-corrected chi connectivity index (χ0v) is 12.9. The van der Waals surface area contributed by atoms with Crippen molar-refractivity contribution in [2.45, 2.75) is 57.8 Å².